The standard InChI is InChI=1S/C15H24N2O/c1-3-13-6-7-14(12-15(13)18-2)16-8-11-17-9-4-5-10-17/h6-7,12,16H,3-5,8-11H2,1-2H3. The van der Waals surface area contributed by atoms with Crippen molar-refractivity contribution in [2.24, 2.45) is 0 Å². The number of hydrogen-bond donors (Lipinski definition) is 1. The molecule has 0 aromatic heterocycles. The second-order valence-electron chi connectivity index (χ2n) is 4.86. The molecule has 0 saturated carbocycles. The van der Waals surface area contributed by atoms with Gasteiger partial charge in [-0.2, -0.15) is 0 Å². The van der Waals surface area contributed by atoms with Crippen LogP contribution in [-0.4, -0.2) is 38.2 Å². The maximum absolute atomic E-state index is 5.41. The predicted molar refractivity (Wildman–Crippen MR) is 76.5 cm³/mol. The zero-order valence-electron chi connectivity index (χ0n) is 11.5. The van der Waals surface area contributed by atoms with Gasteiger partial charge in [0.2, 0.25) is 0 Å². The van der Waals surface area contributed by atoms with Crippen molar-refractivity contribution in [1.29, 1.82) is 0 Å². The molecule has 1 aliphatic rings. The van der Waals surface area contributed by atoms with E-state index in [4.69, 9.17) is 4.74 Å². The average molecular weight is 248 g/mol. The summed E-state index contributed by atoms with van der Waals surface area (Å²) in [7, 11) is 1.74. The second kappa shape index (κ2) is 6.64. The lowest BCUT2D eigenvalue weighted by molar-refractivity contribution is 0.352. The average Bonchev–Trinajstić information content (AvgIpc) is 2.91. The van der Waals surface area contributed by atoms with Crippen LogP contribution in [0.4, 0.5) is 5.69 Å². The van der Waals surface area contributed by atoms with Crippen LogP contribution >= 0.6 is 0 Å². The van der Waals surface area contributed by atoms with Crippen molar-refractivity contribution in [2.45, 2.75) is 26.2 Å². The quantitative estimate of drug-likeness (QED) is 0.838. The minimum Gasteiger partial charge on any atom is -0.496 e. The predicted octanol–water partition coefficient (Wildman–Crippen LogP) is 2.77. The van der Waals surface area contributed by atoms with Gasteiger partial charge in [0.1, 0.15) is 5.75 Å². The van der Waals surface area contributed by atoms with Crippen molar-refractivity contribution in [3.8, 4) is 5.75 Å². The second-order valence-corrected chi connectivity index (χ2v) is 4.86. The molecule has 0 unspecified atom stereocenters. The Bertz CT molecular complexity index is 373. The summed E-state index contributed by atoms with van der Waals surface area (Å²) in [6.07, 6.45) is 3.73. The molecule has 1 fully saturated rings. The molecule has 0 spiro atoms. The topological polar surface area (TPSA) is 24.5 Å². The van der Waals surface area contributed by atoms with Crippen LogP contribution in [0.3, 0.4) is 0 Å². The fourth-order valence-electron chi connectivity index (χ4n) is 2.51. The van der Waals surface area contributed by atoms with E-state index in [2.05, 4.69) is 35.3 Å². The fourth-order valence-corrected chi connectivity index (χ4v) is 2.51. The summed E-state index contributed by atoms with van der Waals surface area (Å²) in [5, 5.41) is 3.48. The van der Waals surface area contributed by atoms with Crippen LogP contribution in [-0.2, 0) is 6.42 Å². The Kier molecular flexibility index (Phi) is 4.88. The van der Waals surface area contributed by atoms with E-state index in [1.165, 1.54) is 31.5 Å². The van der Waals surface area contributed by atoms with Crippen molar-refractivity contribution in [3.63, 3.8) is 0 Å². The molecular weight excluding hydrogens is 224 g/mol. The van der Waals surface area contributed by atoms with E-state index in [0.29, 0.717) is 0 Å². The molecule has 2 rings (SSSR count). The highest BCUT2D eigenvalue weighted by Crippen LogP contribution is 2.23. The molecule has 1 saturated heterocycles. The lowest BCUT2D eigenvalue weighted by Crippen LogP contribution is -2.25. The molecule has 3 heteroatoms. The van der Waals surface area contributed by atoms with Gasteiger partial charge in [0.25, 0.3) is 0 Å². The normalized spacial score (nSPS) is 15.9. The molecule has 1 aromatic carbocycles. The molecular formula is C15H24N2O. The minimum absolute atomic E-state index is 0.990. The van der Waals surface area contributed by atoms with E-state index in [9.17, 15) is 0 Å². The zero-order valence-corrected chi connectivity index (χ0v) is 11.5. The molecule has 0 atom stereocenters. The number of methoxy groups -OCH3 is 1. The summed E-state index contributed by atoms with van der Waals surface area (Å²) in [6.45, 7) is 6.82. The first-order valence-corrected chi connectivity index (χ1v) is 6.96. The molecule has 0 aliphatic carbocycles. The highest BCUT2D eigenvalue weighted by molar-refractivity contribution is 5.51. The van der Waals surface area contributed by atoms with Crippen LogP contribution in [0.15, 0.2) is 18.2 Å². The number of nitrogens with one attached hydrogen (secondary N) is 1. The van der Waals surface area contributed by atoms with E-state index >= 15 is 0 Å². The number of ether oxygens (including phenoxy) is 1. The minimum atomic E-state index is 0.990. The third-order valence-corrected chi connectivity index (χ3v) is 3.62. The molecule has 100 valence electrons. The fraction of sp³-hybridized carbons (Fsp3) is 0.600. The summed E-state index contributed by atoms with van der Waals surface area (Å²) < 4.78 is 5.41. The van der Waals surface area contributed by atoms with E-state index < -0.39 is 0 Å². The first-order valence-electron chi connectivity index (χ1n) is 6.96. The van der Waals surface area contributed by atoms with Gasteiger partial charge in [0.05, 0.1) is 7.11 Å². The molecule has 1 heterocycles. The van der Waals surface area contributed by atoms with Gasteiger partial charge in [-0.3, -0.25) is 0 Å². The summed E-state index contributed by atoms with van der Waals surface area (Å²) in [4.78, 5) is 2.52. The maximum atomic E-state index is 5.41. The Morgan fingerprint density at radius 1 is 1.28 bits per heavy atom. The molecule has 3 nitrogen and oxygen atoms in total. The van der Waals surface area contributed by atoms with Crippen LogP contribution in [0.5, 0.6) is 5.75 Å². The van der Waals surface area contributed by atoms with Crippen molar-refractivity contribution in [3.05, 3.63) is 23.8 Å². The number of rotatable bonds is 6. The molecule has 18 heavy (non-hydrogen) atoms. The lowest BCUT2D eigenvalue weighted by atomic mass is 10.1. The van der Waals surface area contributed by atoms with Crippen molar-refractivity contribution in [2.75, 3.05) is 38.6 Å². The molecule has 0 amide bonds. The first kappa shape index (κ1) is 13.2. The van der Waals surface area contributed by atoms with Gasteiger partial charge in [-0.15, -0.1) is 0 Å². The van der Waals surface area contributed by atoms with Crippen molar-refractivity contribution < 1.29 is 4.74 Å². The Hall–Kier alpha value is -1.22. The van der Waals surface area contributed by atoms with Gasteiger partial charge in [-0.25, -0.2) is 0 Å². The molecule has 0 bridgehead atoms. The molecule has 1 aromatic rings. The van der Waals surface area contributed by atoms with E-state index in [1.807, 2.05) is 0 Å². The van der Waals surface area contributed by atoms with Crippen LogP contribution in [0.2, 0.25) is 0 Å². The summed E-state index contributed by atoms with van der Waals surface area (Å²) >= 11 is 0. The van der Waals surface area contributed by atoms with E-state index in [-0.39, 0.29) is 0 Å². The first-order chi connectivity index (χ1) is 8.83. The lowest BCUT2D eigenvalue weighted by Gasteiger charge is -2.16. The van der Waals surface area contributed by atoms with Crippen molar-refractivity contribution in [1.82, 2.24) is 4.90 Å². The SMILES string of the molecule is CCc1ccc(NCCN2CCCC2)cc1OC. The summed E-state index contributed by atoms with van der Waals surface area (Å²) in [6, 6.07) is 6.39. The smallest absolute Gasteiger partial charge is 0.124 e. The summed E-state index contributed by atoms with van der Waals surface area (Å²) in [5.41, 5.74) is 2.42. The third-order valence-electron chi connectivity index (χ3n) is 3.62. The van der Waals surface area contributed by atoms with Crippen molar-refractivity contribution >= 4 is 5.69 Å². The Morgan fingerprint density at radius 3 is 2.72 bits per heavy atom. The van der Waals surface area contributed by atoms with Gasteiger partial charge in [0.15, 0.2) is 0 Å². The highest BCUT2D eigenvalue weighted by Gasteiger charge is 2.10. The number of hydrogen-bond acceptors (Lipinski definition) is 3. The molecule has 1 N–H and O–H groups in total. The number of likely N-dealkylation sites (tertiary alicyclic amines) is 1. The van der Waals surface area contributed by atoms with Crippen LogP contribution < -0.4 is 10.1 Å². The van der Waals surface area contributed by atoms with E-state index in [1.54, 1.807) is 7.11 Å². The molecule has 1 aliphatic heterocycles. The van der Waals surface area contributed by atoms with Crippen LogP contribution in [0.25, 0.3) is 0 Å². The maximum Gasteiger partial charge on any atom is 0.124 e. The number of nitrogens with zero attached hydrogens (tertiary/aromatic N) is 1. The third kappa shape index (κ3) is 3.39. The van der Waals surface area contributed by atoms with Crippen LogP contribution in [0, 0.1) is 0 Å². The number of aryl methyl sites for hydroxylation is 1. The van der Waals surface area contributed by atoms with Gasteiger partial charge in [-0.05, 0) is 44.0 Å². The van der Waals surface area contributed by atoms with Gasteiger partial charge in [0, 0.05) is 24.8 Å². The summed E-state index contributed by atoms with van der Waals surface area (Å²) in [5.74, 6) is 0.990. The monoisotopic (exact) mass is 248 g/mol. The number of anilines is 1. The Morgan fingerprint density at radius 2 is 2.06 bits per heavy atom. The van der Waals surface area contributed by atoms with Crippen LogP contribution in [0.1, 0.15) is 25.3 Å². The Balaban J connectivity index is 1.84. The van der Waals surface area contributed by atoms with Gasteiger partial charge >= 0.3 is 0 Å². The Labute approximate surface area is 110 Å². The largest absolute Gasteiger partial charge is 0.496 e. The zero-order chi connectivity index (χ0) is 12.8. The highest BCUT2D eigenvalue weighted by atomic mass is 16.5. The van der Waals surface area contributed by atoms with Gasteiger partial charge in [-0.1, -0.05) is 13.0 Å². The van der Waals surface area contributed by atoms with E-state index in [0.717, 1.165) is 30.9 Å². The molecule has 0 radical (unpaired) electrons. The number of benzene rings is 1. The van der Waals surface area contributed by atoms with Gasteiger partial charge < -0.3 is 15.0 Å².